The number of para-hydroxylation sites is 1. The van der Waals surface area contributed by atoms with E-state index in [1.54, 1.807) is 0 Å². The lowest BCUT2D eigenvalue weighted by Crippen LogP contribution is -2.49. The molecule has 2 aromatic rings. The van der Waals surface area contributed by atoms with Gasteiger partial charge in [0.2, 0.25) is 5.91 Å². The number of fused-ring (bicyclic) bond motifs is 1. The van der Waals surface area contributed by atoms with E-state index in [1.807, 2.05) is 51.2 Å². The highest BCUT2D eigenvalue weighted by atomic mass is 16.2. The van der Waals surface area contributed by atoms with Crippen molar-refractivity contribution in [1.82, 2.24) is 10.3 Å². The quantitative estimate of drug-likeness (QED) is 0.0358. The maximum Gasteiger partial charge on any atom is 0.227 e. The Hall–Kier alpha value is -3.49. The number of carbonyl (C=O) groups excluding carboxylic acids is 4. The Balaban J connectivity index is 2.10. The van der Waals surface area contributed by atoms with E-state index in [4.69, 9.17) is 11.5 Å². The first-order chi connectivity index (χ1) is 24.9. The van der Waals surface area contributed by atoms with Gasteiger partial charge in [-0.05, 0) is 56.6 Å². The van der Waals surface area contributed by atoms with E-state index in [2.05, 4.69) is 22.2 Å². The second kappa shape index (κ2) is 24.7. The molecule has 6 N–H and O–H groups in total. The summed E-state index contributed by atoms with van der Waals surface area (Å²) in [6.45, 7) is 9.98. The number of hydrogen-bond donors (Lipinski definition) is 4. The number of aromatic nitrogens is 1. The van der Waals surface area contributed by atoms with Gasteiger partial charge in [-0.2, -0.15) is 0 Å². The van der Waals surface area contributed by atoms with Crippen molar-refractivity contribution < 1.29 is 19.2 Å². The van der Waals surface area contributed by atoms with Gasteiger partial charge in [0, 0.05) is 48.8 Å². The largest absolute Gasteiger partial charge is 0.370 e. The zero-order chi connectivity index (χ0) is 38.4. The molecule has 292 valence electrons. The highest BCUT2D eigenvalue weighted by molar-refractivity contribution is 5.96. The smallest absolute Gasteiger partial charge is 0.227 e. The molecule has 0 spiro atoms. The van der Waals surface area contributed by atoms with Crippen LogP contribution in [0.25, 0.3) is 10.9 Å². The van der Waals surface area contributed by atoms with Crippen LogP contribution >= 0.6 is 0 Å². The Bertz CT molecular complexity index is 1390. The number of nitrogens with two attached hydrogens (primary N) is 2. The van der Waals surface area contributed by atoms with E-state index in [1.165, 1.54) is 71.1 Å². The number of Topliss-reactive ketones (excluding diaryl/α,β-unsaturated/α-hetero) is 3. The molecular weight excluding hydrogens is 651 g/mol. The SMILES string of the molecule is CCCCCCCCCCCCCCCC(=O)C[C@](C)(Cc1c[nH]c2ccccc12)C(=O)N[C@@H](CCCN=C(N)N)C(=O)C[C@@H](CC(C)C)C(C)=O. The minimum absolute atomic E-state index is 0.0319. The second-order valence-corrected chi connectivity index (χ2v) is 15.9. The topological polar surface area (TPSA) is 160 Å². The van der Waals surface area contributed by atoms with Crippen LogP contribution in [0, 0.1) is 17.3 Å². The van der Waals surface area contributed by atoms with Gasteiger partial charge >= 0.3 is 0 Å². The standard InChI is InChI=1S/C43H71N5O4/c1-6-7-8-9-10-11-12-13-14-15-16-17-18-22-36(50)30-43(5,29-35-31-47-38-24-20-19-23-37(35)38)41(52)48-39(25-21-26-46-42(44)45)40(51)28-34(33(4)49)27-32(2)3/h19-20,23-24,31-32,34,39,47H,6-18,21-22,25-30H2,1-5H3,(H,48,52)(H4,44,45,46)/t34-,39+,43+/m1/s1. The van der Waals surface area contributed by atoms with Crippen molar-refractivity contribution in [3.63, 3.8) is 0 Å². The molecular formula is C43H71N5O4. The summed E-state index contributed by atoms with van der Waals surface area (Å²) in [5.74, 6) is -0.693. The maximum absolute atomic E-state index is 14.3. The number of carbonyl (C=O) groups is 4. The van der Waals surface area contributed by atoms with Crippen molar-refractivity contribution in [2.24, 2.45) is 33.7 Å². The molecule has 0 saturated carbocycles. The van der Waals surface area contributed by atoms with E-state index < -0.39 is 17.4 Å². The third kappa shape index (κ3) is 17.4. The van der Waals surface area contributed by atoms with Crippen molar-refractivity contribution in [3.05, 3.63) is 36.0 Å². The van der Waals surface area contributed by atoms with Crippen molar-refractivity contribution in [1.29, 1.82) is 0 Å². The maximum atomic E-state index is 14.3. The number of nitrogens with zero attached hydrogens (tertiary/aromatic N) is 1. The van der Waals surface area contributed by atoms with Crippen molar-refractivity contribution in [3.8, 4) is 0 Å². The monoisotopic (exact) mass is 722 g/mol. The normalized spacial score (nSPS) is 13.8. The Morgan fingerprint density at radius 1 is 0.865 bits per heavy atom. The summed E-state index contributed by atoms with van der Waals surface area (Å²) in [4.78, 5) is 61.5. The summed E-state index contributed by atoms with van der Waals surface area (Å²) in [6, 6.07) is 7.10. The average Bonchev–Trinajstić information content (AvgIpc) is 3.49. The van der Waals surface area contributed by atoms with Crippen LogP contribution in [0.15, 0.2) is 35.5 Å². The summed E-state index contributed by atoms with van der Waals surface area (Å²) in [6.07, 6.45) is 20.3. The molecule has 0 aliphatic heterocycles. The number of aromatic amines is 1. The lowest BCUT2D eigenvalue weighted by molar-refractivity contribution is -0.138. The number of rotatable bonds is 30. The van der Waals surface area contributed by atoms with Gasteiger partial charge in [-0.15, -0.1) is 0 Å². The lowest BCUT2D eigenvalue weighted by Gasteiger charge is -2.31. The second-order valence-electron chi connectivity index (χ2n) is 15.9. The molecule has 0 radical (unpaired) electrons. The van der Waals surface area contributed by atoms with Crippen molar-refractivity contribution >= 4 is 40.1 Å². The minimum atomic E-state index is -1.09. The summed E-state index contributed by atoms with van der Waals surface area (Å²) in [5.41, 5.74) is 11.9. The van der Waals surface area contributed by atoms with Gasteiger partial charge in [-0.25, -0.2) is 0 Å². The van der Waals surface area contributed by atoms with Gasteiger partial charge in [-0.1, -0.05) is 123 Å². The number of guanidine groups is 1. The third-order valence-corrected chi connectivity index (χ3v) is 10.4. The van der Waals surface area contributed by atoms with E-state index in [0.717, 1.165) is 35.7 Å². The molecule has 1 heterocycles. The van der Waals surface area contributed by atoms with Crippen molar-refractivity contribution in [2.75, 3.05) is 6.54 Å². The van der Waals surface area contributed by atoms with Gasteiger partial charge in [0.1, 0.15) is 11.6 Å². The molecule has 0 aliphatic carbocycles. The molecule has 9 heteroatoms. The molecule has 1 amide bonds. The van der Waals surface area contributed by atoms with Crippen LogP contribution in [-0.2, 0) is 25.6 Å². The molecule has 1 aromatic heterocycles. The molecule has 1 aromatic carbocycles. The number of benzene rings is 1. The zero-order valence-electron chi connectivity index (χ0n) is 33.2. The highest BCUT2D eigenvalue weighted by Gasteiger charge is 2.38. The van der Waals surface area contributed by atoms with Crippen LogP contribution in [-0.4, -0.2) is 46.8 Å². The van der Waals surface area contributed by atoms with Crippen LogP contribution in [0.5, 0.6) is 0 Å². The summed E-state index contributed by atoms with van der Waals surface area (Å²) in [5, 5.41) is 4.06. The van der Waals surface area contributed by atoms with Gasteiger partial charge in [0.25, 0.3) is 0 Å². The molecule has 0 bridgehead atoms. The molecule has 0 saturated heterocycles. The first kappa shape index (κ1) is 44.7. The fourth-order valence-corrected chi connectivity index (χ4v) is 7.28. The van der Waals surface area contributed by atoms with Gasteiger partial charge < -0.3 is 21.8 Å². The molecule has 0 aliphatic rings. The molecule has 3 atom stereocenters. The van der Waals surface area contributed by atoms with E-state index in [9.17, 15) is 19.2 Å². The molecule has 52 heavy (non-hydrogen) atoms. The van der Waals surface area contributed by atoms with Gasteiger partial charge in [0.15, 0.2) is 11.7 Å². The van der Waals surface area contributed by atoms with Crippen LogP contribution in [0.4, 0.5) is 0 Å². The average molecular weight is 722 g/mol. The van der Waals surface area contributed by atoms with Crippen LogP contribution in [0.2, 0.25) is 0 Å². The predicted octanol–water partition coefficient (Wildman–Crippen LogP) is 8.91. The zero-order valence-corrected chi connectivity index (χ0v) is 33.2. The van der Waals surface area contributed by atoms with E-state index in [0.29, 0.717) is 38.6 Å². The van der Waals surface area contributed by atoms with E-state index in [-0.39, 0.29) is 48.0 Å². The number of hydrogen-bond acceptors (Lipinski definition) is 5. The number of H-pyrrole nitrogens is 1. The van der Waals surface area contributed by atoms with Crippen LogP contribution in [0.3, 0.4) is 0 Å². The van der Waals surface area contributed by atoms with Gasteiger partial charge in [0.05, 0.1) is 11.5 Å². The summed E-state index contributed by atoms with van der Waals surface area (Å²) in [7, 11) is 0. The predicted molar refractivity (Wildman–Crippen MR) is 215 cm³/mol. The first-order valence-electron chi connectivity index (χ1n) is 20.3. The Kier molecular flexibility index (Phi) is 21.2. The number of unbranched alkanes of at least 4 members (excludes halogenated alkanes) is 12. The number of aliphatic imine (C=N–C) groups is 1. The fourth-order valence-electron chi connectivity index (χ4n) is 7.28. The third-order valence-electron chi connectivity index (χ3n) is 10.4. The summed E-state index contributed by atoms with van der Waals surface area (Å²) < 4.78 is 0. The van der Waals surface area contributed by atoms with Crippen LogP contribution in [0.1, 0.15) is 162 Å². The molecule has 0 fully saturated rings. The molecule has 9 nitrogen and oxygen atoms in total. The van der Waals surface area contributed by atoms with Crippen LogP contribution < -0.4 is 16.8 Å². The number of nitrogens with one attached hydrogen (secondary N) is 2. The lowest BCUT2D eigenvalue weighted by atomic mass is 9.77. The van der Waals surface area contributed by atoms with Crippen molar-refractivity contribution in [2.45, 2.75) is 169 Å². The minimum Gasteiger partial charge on any atom is -0.370 e. The highest BCUT2D eigenvalue weighted by Crippen LogP contribution is 2.32. The fraction of sp³-hybridized carbons (Fsp3) is 0.698. The molecule has 0 unspecified atom stereocenters. The Morgan fingerprint density at radius 2 is 1.46 bits per heavy atom. The molecule has 2 rings (SSSR count). The Morgan fingerprint density at radius 3 is 2.04 bits per heavy atom. The van der Waals surface area contributed by atoms with Gasteiger partial charge in [-0.3, -0.25) is 24.2 Å². The Labute approximate surface area is 314 Å². The van der Waals surface area contributed by atoms with E-state index >= 15 is 0 Å². The number of amides is 1. The summed E-state index contributed by atoms with van der Waals surface area (Å²) >= 11 is 0. The number of ketones is 3. The first-order valence-corrected chi connectivity index (χ1v) is 20.3.